The van der Waals surface area contributed by atoms with Crippen molar-refractivity contribution in [2.75, 3.05) is 13.2 Å². The van der Waals surface area contributed by atoms with Gasteiger partial charge in [0.2, 0.25) is 5.95 Å². The van der Waals surface area contributed by atoms with E-state index in [9.17, 15) is 4.39 Å². The lowest BCUT2D eigenvalue weighted by atomic mass is 9.78. The van der Waals surface area contributed by atoms with E-state index in [0.717, 1.165) is 31.2 Å². The van der Waals surface area contributed by atoms with Crippen molar-refractivity contribution in [1.29, 1.82) is 0 Å². The molecule has 3 nitrogen and oxygen atoms in total. The average molecular weight is 251 g/mol. The summed E-state index contributed by atoms with van der Waals surface area (Å²) >= 11 is 0. The van der Waals surface area contributed by atoms with Crippen molar-refractivity contribution in [2.24, 2.45) is 5.92 Å². The summed E-state index contributed by atoms with van der Waals surface area (Å²) in [5.41, 5.74) is 0.768. The molecule has 1 aromatic heterocycles. The van der Waals surface area contributed by atoms with Crippen molar-refractivity contribution in [3.05, 3.63) is 29.8 Å². The number of nitrogens with zero attached hydrogens (tertiary/aromatic N) is 1. The zero-order valence-electron chi connectivity index (χ0n) is 10.3. The van der Waals surface area contributed by atoms with Gasteiger partial charge in [0, 0.05) is 17.7 Å². The van der Waals surface area contributed by atoms with Crippen LogP contribution in [0.25, 0.3) is 0 Å². The van der Waals surface area contributed by atoms with Gasteiger partial charge in [0.25, 0.3) is 0 Å². The van der Waals surface area contributed by atoms with Crippen LogP contribution in [0, 0.1) is 11.9 Å². The molecule has 0 amide bonds. The Morgan fingerprint density at radius 2 is 1.83 bits per heavy atom. The lowest BCUT2D eigenvalue weighted by Crippen LogP contribution is -2.26. The van der Waals surface area contributed by atoms with E-state index in [4.69, 9.17) is 9.47 Å². The van der Waals surface area contributed by atoms with E-state index in [1.54, 1.807) is 0 Å². The van der Waals surface area contributed by atoms with Crippen LogP contribution in [0.1, 0.15) is 37.2 Å². The standard InChI is InChI=1S/C14H18FNO2/c15-13-12(2-1-7-16-13)10-3-5-11(6-4-10)14-17-8-9-18-14/h1-2,7,10-11,14H,3-6,8-9H2. The van der Waals surface area contributed by atoms with Gasteiger partial charge in [0.15, 0.2) is 6.29 Å². The van der Waals surface area contributed by atoms with Crippen molar-refractivity contribution in [3.63, 3.8) is 0 Å². The van der Waals surface area contributed by atoms with E-state index in [2.05, 4.69) is 4.98 Å². The molecule has 0 radical (unpaired) electrons. The fraction of sp³-hybridized carbons (Fsp3) is 0.643. The first-order valence-electron chi connectivity index (χ1n) is 6.68. The van der Waals surface area contributed by atoms with Crippen LogP contribution < -0.4 is 0 Å². The van der Waals surface area contributed by atoms with E-state index >= 15 is 0 Å². The monoisotopic (exact) mass is 251 g/mol. The summed E-state index contributed by atoms with van der Waals surface area (Å²) < 4.78 is 24.7. The SMILES string of the molecule is Fc1ncccc1C1CCC(C2OCCO2)CC1. The summed E-state index contributed by atoms with van der Waals surface area (Å²) in [6.45, 7) is 1.42. The fourth-order valence-corrected chi connectivity index (χ4v) is 3.05. The average Bonchev–Trinajstić information content (AvgIpc) is 2.94. The maximum Gasteiger partial charge on any atom is 0.216 e. The minimum atomic E-state index is -0.311. The highest BCUT2D eigenvalue weighted by Crippen LogP contribution is 2.39. The van der Waals surface area contributed by atoms with E-state index in [0.29, 0.717) is 25.0 Å². The Morgan fingerprint density at radius 1 is 1.11 bits per heavy atom. The topological polar surface area (TPSA) is 31.4 Å². The summed E-state index contributed by atoms with van der Waals surface area (Å²) in [6, 6.07) is 3.67. The third-order valence-electron chi connectivity index (χ3n) is 4.03. The predicted octanol–water partition coefficient (Wildman–Crippen LogP) is 2.87. The summed E-state index contributed by atoms with van der Waals surface area (Å²) in [6.07, 6.45) is 5.56. The van der Waals surface area contributed by atoms with Crippen molar-refractivity contribution in [1.82, 2.24) is 4.98 Å². The Hall–Kier alpha value is -1.00. The Kier molecular flexibility index (Phi) is 3.57. The Bertz CT molecular complexity index is 399. The van der Waals surface area contributed by atoms with Gasteiger partial charge in [-0.25, -0.2) is 4.98 Å². The number of pyridine rings is 1. The smallest absolute Gasteiger partial charge is 0.216 e. The fourth-order valence-electron chi connectivity index (χ4n) is 3.05. The summed E-state index contributed by atoms with van der Waals surface area (Å²) in [4.78, 5) is 3.73. The highest BCUT2D eigenvalue weighted by Gasteiger charge is 2.32. The normalized spacial score (nSPS) is 29.6. The van der Waals surface area contributed by atoms with Crippen LogP contribution >= 0.6 is 0 Å². The van der Waals surface area contributed by atoms with Crippen molar-refractivity contribution < 1.29 is 13.9 Å². The predicted molar refractivity (Wildman–Crippen MR) is 64.6 cm³/mol. The van der Waals surface area contributed by atoms with Gasteiger partial charge in [0.1, 0.15) is 0 Å². The van der Waals surface area contributed by atoms with E-state index in [1.165, 1.54) is 6.20 Å². The Morgan fingerprint density at radius 3 is 2.50 bits per heavy atom. The lowest BCUT2D eigenvalue weighted by Gasteiger charge is -2.31. The van der Waals surface area contributed by atoms with Gasteiger partial charge in [0.05, 0.1) is 13.2 Å². The van der Waals surface area contributed by atoms with Crippen molar-refractivity contribution in [3.8, 4) is 0 Å². The first kappa shape index (κ1) is 12.1. The van der Waals surface area contributed by atoms with Crippen LogP contribution in [-0.2, 0) is 9.47 Å². The van der Waals surface area contributed by atoms with Gasteiger partial charge in [-0.15, -0.1) is 0 Å². The maximum absolute atomic E-state index is 13.6. The molecule has 0 N–H and O–H groups in total. The Labute approximate surface area is 106 Å². The largest absolute Gasteiger partial charge is 0.350 e. The van der Waals surface area contributed by atoms with E-state index < -0.39 is 0 Å². The van der Waals surface area contributed by atoms with Gasteiger partial charge in [-0.05, 0) is 37.7 Å². The number of rotatable bonds is 2. The second-order valence-corrected chi connectivity index (χ2v) is 5.11. The lowest BCUT2D eigenvalue weighted by molar-refractivity contribution is -0.0932. The number of hydrogen-bond acceptors (Lipinski definition) is 3. The minimum Gasteiger partial charge on any atom is -0.350 e. The number of aromatic nitrogens is 1. The molecule has 1 aliphatic carbocycles. The van der Waals surface area contributed by atoms with E-state index in [1.807, 2.05) is 12.1 Å². The quantitative estimate of drug-likeness (QED) is 0.757. The van der Waals surface area contributed by atoms with Gasteiger partial charge in [-0.1, -0.05) is 6.07 Å². The van der Waals surface area contributed by atoms with Crippen molar-refractivity contribution in [2.45, 2.75) is 37.9 Å². The molecule has 1 saturated carbocycles. The molecule has 18 heavy (non-hydrogen) atoms. The van der Waals surface area contributed by atoms with Gasteiger partial charge < -0.3 is 9.47 Å². The summed E-state index contributed by atoms with van der Waals surface area (Å²) in [5.74, 6) is 0.467. The number of hydrogen-bond donors (Lipinski definition) is 0. The van der Waals surface area contributed by atoms with Gasteiger partial charge in [-0.3, -0.25) is 0 Å². The first-order valence-corrected chi connectivity index (χ1v) is 6.68. The zero-order valence-corrected chi connectivity index (χ0v) is 10.3. The van der Waals surface area contributed by atoms with Crippen molar-refractivity contribution >= 4 is 0 Å². The van der Waals surface area contributed by atoms with E-state index in [-0.39, 0.29) is 12.2 Å². The molecule has 4 heteroatoms. The number of ether oxygens (including phenoxy) is 2. The maximum atomic E-state index is 13.6. The minimum absolute atomic E-state index is 0.0234. The second-order valence-electron chi connectivity index (χ2n) is 5.11. The van der Waals surface area contributed by atoms with Crippen LogP contribution in [0.2, 0.25) is 0 Å². The van der Waals surface area contributed by atoms with Crippen LogP contribution in [-0.4, -0.2) is 24.5 Å². The van der Waals surface area contributed by atoms with Crippen LogP contribution in [0.5, 0.6) is 0 Å². The molecule has 1 aliphatic heterocycles. The molecule has 0 unspecified atom stereocenters. The molecule has 0 aromatic carbocycles. The summed E-state index contributed by atoms with van der Waals surface area (Å²) in [7, 11) is 0. The molecule has 0 spiro atoms. The van der Waals surface area contributed by atoms with Gasteiger partial charge >= 0.3 is 0 Å². The third kappa shape index (κ3) is 2.40. The summed E-state index contributed by atoms with van der Waals surface area (Å²) in [5, 5.41) is 0. The van der Waals surface area contributed by atoms with Crippen LogP contribution in [0.3, 0.4) is 0 Å². The van der Waals surface area contributed by atoms with Crippen LogP contribution in [0.15, 0.2) is 18.3 Å². The highest BCUT2D eigenvalue weighted by atomic mass is 19.1. The molecule has 1 aromatic rings. The zero-order chi connectivity index (χ0) is 12.4. The first-order chi connectivity index (χ1) is 8.84. The molecule has 2 aliphatic rings. The molecular formula is C14H18FNO2. The molecule has 2 fully saturated rings. The molecule has 3 rings (SSSR count). The van der Waals surface area contributed by atoms with Gasteiger partial charge in [-0.2, -0.15) is 4.39 Å². The molecular weight excluding hydrogens is 233 g/mol. The molecule has 1 saturated heterocycles. The Balaban J connectivity index is 1.61. The molecule has 2 heterocycles. The molecule has 98 valence electrons. The number of halogens is 1. The molecule has 0 bridgehead atoms. The third-order valence-corrected chi connectivity index (χ3v) is 4.03. The highest BCUT2D eigenvalue weighted by molar-refractivity contribution is 5.17. The second kappa shape index (κ2) is 5.33. The van der Waals surface area contributed by atoms with Crippen LogP contribution in [0.4, 0.5) is 4.39 Å². The molecule has 0 atom stereocenters.